The number of carbonyl (C=O) groups excluding carboxylic acids is 2. The average molecular weight is 405 g/mol. The third-order valence-corrected chi connectivity index (χ3v) is 5.05. The highest BCUT2D eigenvalue weighted by molar-refractivity contribution is 5.83. The quantitative estimate of drug-likeness (QED) is 0.241. The van der Waals surface area contributed by atoms with Crippen molar-refractivity contribution >= 4 is 11.8 Å². The molecule has 0 radical (unpaired) electrons. The maximum absolute atomic E-state index is 12.2. The van der Waals surface area contributed by atoms with Crippen molar-refractivity contribution in [2.45, 2.75) is 71.5 Å². The van der Waals surface area contributed by atoms with Crippen molar-refractivity contribution in [1.82, 2.24) is 0 Å². The van der Waals surface area contributed by atoms with Crippen molar-refractivity contribution in [3.05, 3.63) is 42.5 Å². The Bertz CT molecular complexity index is 611. The lowest BCUT2D eigenvalue weighted by Crippen LogP contribution is -2.16. The van der Waals surface area contributed by atoms with Crippen molar-refractivity contribution in [1.29, 1.82) is 0 Å². The molecule has 0 bridgehead atoms. The van der Waals surface area contributed by atoms with Gasteiger partial charge in [-0.1, -0.05) is 57.4 Å². The van der Waals surface area contributed by atoms with E-state index in [-0.39, 0.29) is 17.8 Å². The lowest BCUT2D eigenvalue weighted by atomic mass is 9.89. The van der Waals surface area contributed by atoms with Gasteiger partial charge in [-0.15, -0.1) is 0 Å². The average Bonchev–Trinajstić information content (AvgIpc) is 3.10. The second-order valence-electron chi connectivity index (χ2n) is 7.01. The molecule has 1 aromatic rings. The molecule has 1 aromatic carbocycles. The van der Waals surface area contributed by atoms with Crippen molar-refractivity contribution in [2.75, 3.05) is 7.11 Å². The standard InChI is InChI=1S/C22H30O5.C2H6/c1-26-21(24)12-8-3-2-7-11-19-17(13-15-20(19)23)14-16-22(25)27-18-9-5-4-6-10-18;1-2/h4-6,9-10,14,16-17,19,22,25H,2-3,7-8,11-13,15H2,1H3;1-2H3/b16-14+;/t17?,19-,22?;/m1./s1. The van der Waals surface area contributed by atoms with Gasteiger partial charge in [0.2, 0.25) is 6.29 Å². The maximum Gasteiger partial charge on any atom is 0.305 e. The van der Waals surface area contributed by atoms with Crippen molar-refractivity contribution in [3.63, 3.8) is 0 Å². The van der Waals surface area contributed by atoms with Gasteiger partial charge >= 0.3 is 5.97 Å². The number of ether oxygens (including phenoxy) is 2. The number of carbonyl (C=O) groups is 2. The third-order valence-electron chi connectivity index (χ3n) is 5.05. The van der Waals surface area contributed by atoms with Gasteiger partial charge < -0.3 is 14.6 Å². The summed E-state index contributed by atoms with van der Waals surface area (Å²) in [7, 11) is 1.41. The summed E-state index contributed by atoms with van der Waals surface area (Å²) in [5, 5.41) is 10.0. The summed E-state index contributed by atoms with van der Waals surface area (Å²) in [6, 6.07) is 9.17. The minimum atomic E-state index is -1.01. The van der Waals surface area contributed by atoms with Gasteiger partial charge in [0.1, 0.15) is 11.5 Å². The van der Waals surface area contributed by atoms with Crippen LogP contribution in [0.15, 0.2) is 42.5 Å². The van der Waals surface area contributed by atoms with E-state index in [1.807, 2.05) is 38.1 Å². The van der Waals surface area contributed by atoms with E-state index in [0.29, 0.717) is 24.4 Å². The van der Waals surface area contributed by atoms with Crippen LogP contribution < -0.4 is 4.74 Å². The number of para-hydroxylation sites is 1. The van der Waals surface area contributed by atoms with Gasteiger partial charge in [0.25, 0.3) is 0 Å². The van der Waals surface area contributed by atoms with E-state index in [1.54, 1.807) is 18.2 Å². The Hall–Kier alpha value is -2.14. The number of allylic oxidation sites excluding steroid dienone is 1. The second kappa shape index (κ2) is 14.8. The number of ketones is 1. The van der Waals surface area contributed by atoms with Crippen molar-refractivity contribution < 1.29 is 24.2 Å². The van der Waals surface area contributed by atoms with Gasteiger partial charge in [-0.2, -0.15) is 0 Å². The highest BCUT2D eigenvalue weighted by Gasteiger charge is 2.32. The summed E-state index contributed by atoms with van der Waals surface area (Å²) in [6.07, 6.45) is 9.12. The van der Waals surface area contributed by atoms with Crippen LogP contribution in [0.25, 0.3) is 0 Å². The van der Waals surface area contributed by atoms with Crippen LogP contribution >= 0.6 is 0 Å². The predicted octanol–water partition coefficient (Wildman–Crippen LogP) is 5.08. The molecule has 0 saturated heterocycles. The molecule has 1 fully saturated rings. The lowest BCUT2D eigenvalue weighted by molar-refractivity contribution is -0.140. The Balaban J connectivity index is 0.00000204. The normalized spacial score (nSPS) is 19.5. The number of aliphatic hydroxyl groups is 1. The van der Waals surface area contributed by atoms with E-state index >= 15 is 0 Å². The molecule has 1 saturated carbocycles. The number of esters is 1. The van der Waals surface area contributed by atoms with Crippen molar-refractivity contribution in [2.24, 2.45) is 11.8 Å². The first kappa shape index (κ1) is 24.9. The topological polar surface area (TPSA) is 72.8 Å². The van der Waals surface area contributed by atoms with E-state index in [4.69, 9.17) is 4.74 Å². The highest BCUT2D eigenvalue weighted by atomic mass is 16.6. The first-order valence-electron chi connectivity index (χ1n) is 10.8. The Morgan fingerprint density at radius 3 is 2.55 bits per heavy atom. The van der Waals surface area contributed by atoms with Crippen LogP contribution in [0.2, 0.25) is 0 Å². The molecule has 29 heavy (non-hydrogen) atoms. The van der Waals surface area contributed by atoms with Gasteiger partial charge in [0.15, 0.2) is 0 Å². The van der Waals surface area contributed by atoms with E-state index in [0.717, 1.165) is 38.5 Å². The monoisotopic (exact) mass is 404 g/mol. The van der Waals surface area contributed by atoms with Gasteiger partial charge in [0.05, 0.1) is 7.11 Å². The minimum Gasteiger partial charge on any atom is -0.469 e. The zero-order valence-corrected chi connectivity index (χ0v) is 18.0. The predicted molar refractivity (Wildman–Crippen MR) is 115 cm³/mol. The highest BCUT2D eigenvalue weighted by Crippen LogP contribution is 2.34. The minimum absolute atomic E-state index is 0.0331. The summed E-state index contributed by atoms with van der Waals surface area (Å²) < 4.78 is 10.1. The number of unbranched alkanes of at least 4 members (excludes halogenated alkanes) is 3. The number of benzene rings is 1. The SMILES string of the molecule is CC.COC(=O)CCCCCC[C@H]1C(=O)CCC1/C=C/C(O)Oc1ccccc1. The molecule has 0 heterocycles. The van der Waals surface area contributed by atoms with Crippen LogP contribution in [0, 0.1) is 11.8 Å². The Kier molecular flexibility index (Phi) is 12.7. The summed E-state index contributed by atoms with van der Waals surface area (Å²) in [5.74, 6) is 0.966. The first-order chi connectivity index (χ1) is 14.1. The molecule has 0 aromatic heterocycles. The molecule has 5 nitrogen and oxygen atoms in total. The van der Waals surface area contributed by atoms with Crippen LogP contribution in [0.1, 0.15) is 65.2 Å². The van der Waals surface area contributed by atoms with Crippen LogP contribution in [-0.2, 0) is 14.3 Å². The molecule has 1 aliphatic carbocycles. The molecule has 0 aliphatic heterocycles. The molecular weight excluding hydrogens is 368 g/mol. The van der Waals surface area contributed by atoms with Crippen LogP contribution in [0.5, 0.6) is 5.75 Å². The molecule has 5 heteroatoms. The smallest absolute Gasteiger partial charge is 0.305 e. The van der Waals surface area contributed by atoms with E-state index in [1.165, 1.54) is 7.11 Å². The summed E-state index contributed by atoms with van der Waals surface area (Å²) in [5.41, 5.74) is 0. The summed E-state index contributed by atoms with van der Waals surface area (Å²) in [6.45, 7) is 4.00. The van der Waals surface area contributed by atoms with Crippen LogP contribution in [0.4, 0.5) is 0 Å². The Labute approximate surface area is 175 Å². The lowest BCUT2D eigenvalue weighted by Gasteiger charge is -2.16. The fraction of sp³-hybridized carbons (Fsp3) is 0.583. The Morgan fingerprint density at radius 1 is 1.17 bits per heavy atom. The maximum atomic E-state index is 12.2. The number of rotatable bonds is 11. The molecule has 3 atom stereocenters. The van der Waals surface area contributed by atoms with E-state index in [2.05, 4.69) is 4.74 Å². The third kappa shape index (κ3) is 9.75. The molecule has 2 unspecified atom stereocenters. The van der Waals surface area contributed by atoms with E-state index in [9.17, 15) is 14.7 Å². The fourth-order valence-electron chi connectivity index (χ4n) is 3.54. The number of aliphatic hydroxyl groups excluding tert-OH is 1. The first-order valence-corrected chi connectivity index (χ1v) is 10.8. The molecule has 2 rings (SSSR count). The fourth-order valence-corrected chi connectivity index (χ4v) is 3.54. The molecule has 0 spiro atoms. The zero-order chi connectivity index (χ0) is 21.5. The molecule has 162 valence electrons. The molecule has 1 aliphatic rings. The van der Waals surface area contributed by atoms with Crippen LogP contribution in [-0.4, -0.2) is 30.3 Å². The molecule has 0 amide bonds. The Morgan fingerprint density at radius 2 is 1.86 bits per heavy atom. The molecule has 1 N–H and O–H groups in total. The van der Waals surface area contributed by atoms with E-state index < -0.39 is 6.29 Å². The largest absolute Gasteiger partial charge is 0.469 e. The van der Waals surface area contributed by atoms with Crippen molar-refractivity contribution in [3.8, 4) is 5.75 Å². The molecular formula is C24H36O5. The van der Waals surface area contributed by atoms with Crippen LogP contribution in [0.3, 0.4) is 0 Å². The van der Waals surface area contributed by atoms with Gasteiger partial charge in [0, 0.05) is 18.8 Å². The second-order valence-corrected chi connectivity index (χ2v) is 7.01. The van der Waals surface area contributed by atoms with Gasteiger partial charge in [-0.3, -0.25) is 9.59 Å². The number of hydrogen-bond acceptors (Lipinski definition) is 5. The van der Waals surface area contributed by atoms with Gasteiger partial charge in [-0.25, -0.2) is 0 Å². The number of hydrogen-bond donors (Lipinski definition) is 1. The van der Waals surface area contributed by atoms with Gasteiger partial charge in [-0.05, 0) is 43.4 Å². The summed E-state index contributed by atoms with van der Waals surface area (Å²) >= 11 is 0. The number of Topliss-reactive ketones (excluding diaryl/α,β-unsaturated/α-hetero) is 1. The zero-order valence-electron chi connectivity index (χ0n) is 18.0. The number of methoxy groups -OCH3 is 1. The summed E-state index contributed by atoms with van der Waals surface area (Å²) in [4.78, 5) is 23.3.